The van der Waals surface area contributed by atoms with Crippen LogP contribution in [0.1, 0.15) is 61.8 Å². The smallest absolute Gasteiger partial charge is 0.267 e. The number of amides is 1. The van der Waals surface area contributed by atoms with Crippen LogP contribution in [0.3, 0.4) is 0 Å². The Morgan fingerprint density at radius 3 is 2.42 bits per heavy atom. The Kier molecular flexibility index (Phi) is 12.9. The number of sulfonamides is 2. The van der Waals surface area contributed by atoms with Gasteiger partial charge < -0.3 is 28.7 Å². The third-order valence-electron chi connectivity index (χ3n) is 8.75. The van der Waals surface area contributed by atoms with Gasteiger partial charge in [0.15, 0.2) is 10.7 Å². The van der Waals surface area contributed by atoms with Crippen LogP contribution in [0.2, 0.25) is 0 Å². The molecule has 0 saturated heterocycles. The molecule has 1 amide bonds. The Morgan fingerprint density at radius 2 is 1.80 bits per heavy atom. The maximum absolute atomic E-state index is 14.4. The number of carbonyl (C=O) groups is 1. The van der Waals surface area contributed by atoms with Crippen LogP contribution < -0.4 is 14.2 Å². The van der Waals surface area contributed by atoms with Gasteiger partial charge in [-0.15, -0.1) is 0 Å². The molecule has 1 aliphatic heterocycles. The van der Waals surface area contributed by atoms with E-state index in [0.717, 1.165) is 6.42 Å². The fraction of sp³-hybridized carbons (Fsp3) is 0.529. The van der Waals surface area contributed by atoms with E-state index in [9.17, 15) is 26.7 Å². The highest BCUT2D eigenvalue weighted by Crippen LogP contribution is 2.31. The largest absolute Gasteiger partial charge is 0.497 e. The number of fused-ring (bicyclic) bond motifs is 1. The Morgan fingerprint density at radius 1 is 1.10 bits per heavy atom. The maximum Gasteiger partial charge on any atom is 0.267 e. The van der Waals surface area contributed by atoms with Gasteiger partial charge in [-0.25, -0.2) is 16.8 Å². The van der Waals surface area contributed by atoms with E-state index in [1.54, 1.807) is 25.1 Å². The molecule has 0 bridgehead atoms. The predicted molar refractivity (Wildman–Crippen MR) is 186 cm³/mol. The van der Waals surface area contributed by atoms with Crippen molar-refractivity contribution >= 4 is 31.6 Å². The highest BCUT2D eigenvalue weighted by atomic mass is 32.2. The van der Waals surface area contributed by atoms with Crippen molar-refractivity contribution in [1.29, 1.82) is 0 Å². The molecule has 16 heteroatoms. The average molecular weight is 737 g/mol. The van der Waals surface area contributed by atoms with E-state index < -0.39 is 44.0 Å². The summed E-state index contributed by atoms with van der Waals surface area (Å²) in [4.78, 5) is 15.9. The van der Waals surface area contributed by atoms with Crippen LogP contribution in [0.15, 0.2) is 56.8 Å². The molecule has 0 spiro atoms. The normalized spacial score (nSPS) is 20.5. The number of benzene rings is 2. The quantitative estimate of drug-likeness (QED) is 0.305. The fourth-order valence-electron chi connectivity index (χ4n) is 5.79. The van der Waals surface area contributed by atoms with E-state index in [2.05, 4.69) is 9.88 Å². The number of hydrogen-bond donors (Lipinski definition) is 2. The number of anilines is 1. The van der Waals surface area contributed by atoms with Gasteiger partial charge in [-0.1, -0.05) is 12.1 Å². The van der Waals surface area contributed by atoms with Crippen molar-refractivity contribution in [2.24, 2.45) is 5.92 Å². The zero-order valence-corrected chi connectivity index (χ0v) is 31.2. The zero-order chi connectivity index (χ0) is 36.8. The van der Waals surface area contributed by atoms with E-state index in [4.69, 9.17) is 18.7 Å². The standard InChI is InChI=1S/C34H48N4O10S2/c1-22-19-38(23(2)21-39)34(40)30-18-27(36-49(41,42)33-25(4)35-48-26(33)5)11-16-31(30)47-24(3)10-8-9-17-46-32(22)20-37(6)50(43,44)29-14-12-28(45-7)13-15-29/h11-16,18,22-24,32,36,39H,8-10,17,19-21H2,1-7H3/t22-,23-,24-,32-/m1/s1. The van der Waals surface area contributed by atoms with E-state index >= 15 is 0 Å². The van der Waals surface area contributed by atoms with Crippen LogP contribution in [0.4, 0.5) is 5.69 Å². The highest BCUT2D eigenvalue weighted by Gasteiger charge is 2.33. The lowest BCUT2D eigenvalue weighted by Gasteiger charge is -2.35. The number of nitrogens with zero attached hydrogens (tertiary/aromatic N) is 3. The second-order valence-electron chi connectivity index (χ2n) is 12.7. The van der Waals surface area contributed by atoms with Gasteiger partial charge in [0, 0.05) is 38.3 Å². The number of rotatable bonds is 10. The first-order valence-corrected chi connectivity index (χ1v) is 19.4. The number of aliphatic hydroxyl groups is 1. The minimum Gasteiger partial charge on any atom is -0.497 e. The van der Waals surface area contributed by atoms with Crippen molar-refractivity contribution in [2.45, 2.75) is 81.9 Å². The molecule has 0 fully saturated rings. The Balaban J connectivity index is 1.68. The topological polar surface area (TPSA) is 178 Å². The first-order chi connectivity index (χ1) is 23.6. The Hall–Kier alpha value is -3.70. The van der Waals surface area contributed by atoms with Gasteiger partial charge in [0.05, 0.1) is 42.4 Å². The van der Waals surface area contributed by atoms with Gasteiger partial charge in [-0.2, -0.15) is 4.31 Å². The van der Waals surface area contributed by atoms with Gasteiger partial charge in [0.1, 0.15) is 17.2 Å². The van der Waals surface area contributed by atoms with Crippen molar-refractivity contribution in [3.63, 3.8) is 0 Å². The summed E-state index contributed by atoms with van der Waals surface area (Å²) in [7, 11) is -5.02. The third kappa shape index (κ3) is 9.15. The van der Waals surface area contributed by atoms with Gasteiger partial charge in [-0.3, -0.25) is 9.52 Å². The van der Waals surface area contributed by atoms with Crippen LogP contribution in [-0.2, 0) is 24.8 Å². The molecule has 2 aromatic carbocycles. The summed E-state index contributed by atoms with van der Waals surface area (Å²) >= 11 is 0. The summed E-state index contributed by atoms with van der Waals surface area (Å²) in [6, 6.07) is 9.95. The van der Waals surface area contributed by atoms with Gasteiger partial charge in [-0.05, 0) is 89.4 Å². The molecule has 4 atom stereocenters. The number of methoxy groups -OCH3 is 1. The van der Waals surface area contributed by atoms with Gasteiger partial charge in [0.25, 0.3) is 15.9 Å². The maximum atomic E-state index is 14.4. The molecule has 3 aromatic rings. The number of aryl methyl sites for hydroxylation is 2. The van der Waals surface area contributed by atoms with Crippen molar-refractivity contribution in [3.8, 4) is 11.5 Å². The lowest BCUT2D eigenvalue weighted by atomic mass is 10.0. The molecule has 276 valence electrons. The molecule has 0 unspecified atom stereocenters. The zero-order valence-electron chi connectivity index (χ0n) is 29.6. The second-order valence-corrected chi connectivity index (χ2v) is 16.4. The van der Waals surface area contributed by atoms with Crippen molar-refractivity contribution in [1.82, 2.24) is 14.4 Å². The number of carbonyl (C=O) groups excluding carboxylic acids is 1. The number of ether oxygens (including phenoxy) is 3. The molecule has 1 aromatic heterocycles. The number of aromatic nitrogens is 1. The molecule has 50 heavy (non-hydrogen) atoms. The van der Waals surface area contributed by atoms with Gasteiger partial charge in [0.2, 0.25) is 10.0 Å². The second kappa shape index (κ2) is 16.5. The first-order valence-electron chi connectivity index (χ1n) is 16.5. The monoisotopic (exact) mass is 736 g/mol. The lowest BCUT2D eigenvalue weighted by Crippen LogP contribution is -2.48. The molecular formula is C34H48N4O10S2. The minimum absolute atomic E-state index is 0.00873. The lowest BCUT2D eigenvalue weighted by molar-refractivity contribution is -0.00834. The van der Waals surface area contributed by atoms with Crippen LogP contribution in [-0.4, -0.2) is 101 Å². The van der Waals surface area contributed by atoms with Crippen LogP contribution in [0.5, 0.6) is 11.5 Å². The molecule has 0 aliphatic carbocycles. The van der Waals surface area contributed by atoms with Gasteiger partial charge >= 0.3 is 0 Å². The molecule has 0 radical (unpaired) electrons. The van der Waals surface area contributed by atoms with Crippen molar-refractivity contribution < 1.29 is 45.5 Å². The molecular weight excluding hydrogens is 689 g/mol. The number of hydrogen-bond acceptors (Lipinski definition) is 11. The number of likely N-dealkylation sites (N-methyl/N-ethyl adjacent to an activating group) is 1. The van der Waals surface area contributed by atoms with Crippen molar-refractivity contribution in [2.75, 3.05) is 45.2 Å². The summed E-state index contributed by atoms with van der Waals surface area (Å²) in [5.74, 6) is 0.0185. The number of aliphatic hydroxyl groups excluding tert-OH is 1. The SMILES string of the molecule is COc1ccc(S(=O)(=O)N(C)C[C@H]2OCCCC[C@@H](C)Oc3ccc(NS(=O)(=O)c4c(C)noc4C)cc3C(=O)N([C@H](C)CO)C[C@H]2C)cc1. The first kappa shape index (κ1) is 39.1. The molecule has 1 aliphatic rings. The summed E-state index contributed by atoms with van der Waals surface area (Å²) in [5.41, 5.74) is 0.403. The number of nitrogens with one attached hydrogen (secondary N) is 1. The summed E-state index contributed by atoms with van der Waals surface area (Å²) in [6.07, 6.45) is 1.16. The van der Waals surface area contributed by atoms with E-state index in [1.165, 1.54) is 61.5 Å². The fourth-order valence-corrected chi connectivity index (χ4v) is 8.36. The van der Waals surface area contributed by atoms with E-state index in [-0.39, 0.29) is 64.0 Å². The van der Waals surface area contributed by atoms with E-state index in [1.807, 2.05) is 13.8 Å². The molecule has 2 heterocycles. The molecule has 2 N–H and O–H groups in total. The minimum atomic E-state index is -4.12. The Bertz CT molecular complexity index is 1810. The summed E-state index contributed by atoms with van der Waals surface area (Å²) in [6.45, 7) is 8.56. The van der Waals surface area contributed by atoms with Crippen LogP contribution in [0, 0.1) is 19.8 Å². The third-order valence-corrected chi connectivity index (χ3v) is 12.2. The van der Waals surface area contributed by atoms with Crippen LogP contribution >= 0.6 is 0 Å². The average Bonchev–Trinajstić information content (AvgIpc) is 3.43. The summed E-state index contributed by atoms with van der Waals surface area (Å²) in [5, 5.41) is 14.0. The van der Waals surface area contributed by atoms with Crippen LogP contribution in [0.25, 0.3) is 0 Å². The molecule has 0 saturated carbocycles. The Labute approximate surface area is 294 Å². The van der Waals surface area contributed by atoms with E-state index in [0.29, 0.717) is 25.2 Å². The molecule has 14 nitrogen and oxygen atoms in total. The van der Waals surface area contributed by atoms with Crippen molar-refractivity contribution in [3.05, 3.63) is 59.5 Å². The molecule has 4 rings (SSSR count). The summed E-state index contributed by atoms with van der Waals surface area (Å²) < 4.78 is 80.2. The highest BCUT2D eigenvalue weighted by molar-refractivity contribution is 7.92. The predicted octanol–water partition coefficient (Wildman–Crippen LogP) is 4.22.